The highest BCUT2D eigenvalue weighted by Crippen LogP contribution is 2.35. The molecule has 0 spiro atoms. The standard InChI is InChI=1S/C14H22N2O2/c1-18-14(6-3-2-4-7-14)13(17)9-11-10-16-8-5-12(11)15/h5,8,10,13,17H,2-4,6-7,9H2,1H3,(H2,15,16). The number of hydrogen-bond donors (Lipinski definition) is 2. The Morgan fingerprint density at radius 2 is 2.17 bits per heavy atom. The van der Waals surface area contributed by atoms with Crippen molar-refractivity contribution in [2.24, 2.45) is 0 Å². The van der Waals surface area contributed by atoms with Crippen molar-refractivity contribution < 1.29 is 9.84 Å². The Balaban J connectivity index is 2.10. The number of nitrogen functional groups attached to an aromatic ring is 1. The summed E-state index contributed by atoms with van der Waals surface area (Å²) in [6.45, 7) is 0. The van der Waals surface area contributed by atoms with Crippen LogP contribution in [-0.4, -0.2) is 28.9 Å². The van der Waals surface area contributed by atoms with Gasteiger partial charge in [-0.15, -0.1) is 0 Å². The SMILES string of the molecule is COC1(C(O)Cc2cnccc2N)CCCCC1. The molecule has 0 radical (unpaired) electrons. The largest absolute Gasteiger partial charge is 0.398 e. The van der Waals surface area contributed by atoms with Crippen molar-refractivity contribution in [1.82, 2.24) is 4.98 Å². The number of anilines is 1. The van der Waals surface area contributed by atoms with E-state index < -0.39 is 11.7 Å². The topological polar surface area (TPSA) is 68.4 Å². The van der Waals surface area contributed by atoms with E-state index in [0.717, 1.165) is 31.2 Å². The third-order valence-electron chi connectivity index (χ3n) is 4.07. The monoisotopic (exact) mass is 250 g/mol. The number of aromatic nitrogens is 1. The van der Waals surface area contributed by atoms with Crippen molar-refractivity contribution in [3.63, 3.8) is 0 Å². The molecule has 0 amide bonds. The van der Waals surface area contributed by atoms with Gasteiger partial charge in [-0.3, -0.25) is 4.98 Å². The van der Waals surface area contributed by atoms with Crippen LogP contribution in [0.3, 0.4) is 0 Å². The summed E-state index contributed by atoms with van der Waals surface area (Å²) in [5, 5.41) is 10.5. The van der Waals surface area contributed by atoms with E-state index in [4.69, 9.17) is 10.5 Å². The van der Waals surface area contributed by atoms with Gasteiger partial charge in [0.2, 0.25) is 0 Å². The van der Waals surface area contributed by atoms with Crippen molar-refractivity contribution in [2.45, 2.75) is 50.2 Å². The van der Waals surface area contributed by atoms with E-state index in [1.165, 1.54) is 6.42 Å². The van der Waals surface area contributed by atoms with Gasteiger partial charge >= 0.3 is 0 Å². The summed E-state index contributed by atoms with van der Waals surface area (Å²) < 4.78 is 5.64. The van der Waals surface area contributed by atoms with E-state index in [-0.39, 0.29) is 0 Å². The number of nitrogens with two attached hydrogens (primary N) is 1. The zero-order valence-corrected chi connectivity index (χ0v) is 10.9. The molecule has 1 aromatic rings. The quantitative estimate of drug-likeness (QED) is 0.856. The van der Waals surface area contributed by atoms with Crippen molar-refractivity contribution in [2.75, 3.05) is 12.8 Å². The molecule has 1 aliphatic rings. The van der Waals surface area contributed by atoms with Gasteiger partial charge in [0.25, 0.3) is 0 Å². The summed E-state index contributed by atoms with van der Waals surface area (Å²) in [5.74, 6) is 0. The average molecular weight is 250 g/mol. The summed E-state index contributed by atoms with van der Waals surface area (Å²) in [4.78, 5) is 4.06. The van der Waals surface area contributed by atoms with Gasteiger partial charge in [-0.1, -0.05) is 19.3 Å². The molecule has 1 aliphatic carbocycles. The van der Waals surface area contributed by atoms with Crippen LogP contribution in [0.1, 0.15) is 37.7 Å². The van der Waals surface area contributed by atoms with Gasteiger partial charge in [-0.05, 0) is 24.5 Å². The summed E-state index contributed by atoms with van der Waals surface area (Å²) in [7, 11) is 1.70. The average Bonchev–Trinajstić information content (AvgIpc) is 2.42. The van der Waals surface area contributed by atoms with Gasteiger partial charge in [0.15, 0.2) is 0 Å². The van der Waals surface area contributed by atoms with Crippen LogP contribution in [0.4, 0.5) is 5.69 Å². The van der Waals surface area contributed by atoms with Crippen LogP contribution in [0.25, 0.3) is 0 Å². The fourth-order valence-electron chi connectivity index (χ4n) is 2.83. The normalized spacial score (nSPS) is 20.6. The fraction of sp³-hybridized carbons (Fsp3) is 0.643. The maximum atomic E-state index is 10.5. The highest BCUT2D eigenvalue weighted by molar-refractivity contribution is 5.44. The molecule has 1 unspecified atom stereocenters. The number of hydrogen-bond acceptors (Lipinski definition) is 4. The smallest absolute Gasteiger partial charge is 0.0939 e. The van der Waals surface area contributed by atoms with Crippen LogP contribution in [-0.2, 0) is 11.2 Å². The van der Waals surface area contributed by atoms with E-state index in [2.05, 4.69) is 4.98 Å². The molecule has 2 rings (SSSR count). The van der Waals surface area contributed by atoms with Crippen LogP contribution in [0.15, 0.2) is 18.5 Å². The van der Waals surface area contributed by atoms with Crippen molar-refractivity contribution >= 4 is 5.69 Å². The van der Waals surface area contributed by atoms with Crippen molar-refractivity contribution in [1.29, 1.82) is 0 Å². The van der Waals surface area contributed by atoms with Crippen LogP contribution in [0.5, 0.6) is 0 Å². The summed E-state index contributed by atoms with van der Waals surface area (Å²) in [6.07, 6.45) is 8.69. The lowest BCUT2D eigenvalue weighted by molar-refractivity contribution is -0.122. The second-order valence-electron chi connectivity index (χ2n) is 5.12. The first-order valence-corrected chi connectivity index (χ1v) is 6.59. The highest BCUT2D eigenvalue weighted by atomic mass is 16.5. The van der Waals surface area contributed by atoms with Crippen molar-refractivity contribution in [3.05, 3.63) is 24.0 Å². The first-order chi connectivity index (χ1) is 8.68. The summed E-state index contributed by atoms with van der Waals surface area (Å²) in [6, 6.07) is 1.77. The van der Waals surface area contributed by atoms with Gasteiger partial charge in [0, 0.05) is 31.6 Å². The molecule has 3 N–H and O–H groups in total. The third kappa shape index (κ3) is 2.65. The molecular weight excluding hydrogens is 228 g/mol. The second kappa shape index (κ2) is 5.67. The molecule has 1 heterocycles. The number of nitrogens with zero attached hydrogens (tertiary/aromatic N) is 1. The molecule has 0 bridgehead atoms. The van der Waals surface area contributed by atoms with Gasteiger partial charge < -0.3 is 15.6 Å². The number of ether oxygens (including phenoxy) is 1. The summed E-state index contributed by atoms with van der Waals surface area (Å²) in [5.41, 5.74) is 7.07. The zero-order valence-electron chi connectivity index (χ0n) is 10.9. The molecule has 0 aromatic carbocycles. The Hall–Kier alpha value is -1.13. The molecule has 1 fully saturated rings. The molecule has 0 saturated heterocycles. The van der Waals surface area contributed by atoms with Crippen LogP contribution in [0.2, 0.25) is 0 Å². The van der Waals surface area contributed by atoms with Crippen LogP contribution < -0.4 is 5.73 Å². The highest BCUT2D eigenvalue weighted by Gasteiger charge is 2.39. The molecule has 4 heteroatoms. The predicted molar refractivity (Wildman–Crippen MR) is 71.2 cm³/mol. The van der Waals surface area contributed by atoms with E-state index in [1.54, 1.807) is 25.6 Å². The number of methoxy groups -OCH3 is 1. The van der Waals surface area contributed by atoms with E-state index in [9.17, 15) is 5.11 Å². The number of rotatable bonds is 4. The number of aliphatic hydroxyl groups excluding tert-OH is 1. The molecule has 1 aromatic heterocycles. The molecule has 1 atom stereocenters. The van der Waals surface area contributed by atoms with Gasteiger partial charge in [-0.2, -0.15) is 0 Å². The second-order valence-corrected chi connectivity index (χ2v) is 5.12. The first kappa shape index (κ1) is 13.3. The lowest BCUT2D eigenvalue weighted by atomic mass is 9.78. The van der Waals surface area contributed by atoms with E-state index >= 15 is 0 Å². The lowest BCUT2D eigenvalue weighted by Crippen LogP contribution is -2.47. The minimum Gasteiger partial charge on any atom is -0.398 e. The Bertz CT molecular complexity index is 389. The third-order valence-corrected chi connectivity index (χ3v) is 4.07. The zero-order chi connectivity index (χ0) is 13.0. The number of pyridine rings is 1. The Morgan fingerprint density at radius 3 is 2.78 bits per heavy atom. The Kier molecular flexibility index (Phi) is 4.19. The molecule has 18 heavy (non-hydrogen) atoms. The Morgan fingerprint density at radius 1 is 1.44 bits per heavy atom. The number of aliphatic hydroxyl groups is 1. The molecular formula is C14H22N2O2. The van der Waals surface area contributed by atoms with Gasteiger partial charge in [-0.25, -0.2) is 0 Å². The van der Waals surface area contributed by atoms with Gasteiger partial charge in [0.1, 0.15) is 0 Å². The minimum atomic E-state index is -0.519. The molecule has 100 valence electrons. The first-order valence-electron chi connectivity index (χ1n) is 6.59. The predicted octanol–water partition coefficient (Wildman–Crippen LogP) is 1.92. The summed E-state index contributed by atoms with van der Waals surface area (Å²) >= 11 is 0. The van der Waals surface area contributed by atoms with E-state index in [0.29, 0.717) is 12.1 Å². The maximum Gasteiger partial charge on any atom is 0.0939 e. The lowest BCUT2D eigenvalue weighted by Gasteiger charge is -2.40. The van der Waals surface area contributed by atoms with Crippen molar-refractivity contribution in [3.8, 4) is 0 Å². The van der Waals surface area contributed by atoms with Crippen LogP contribution in [0, 0.1) is 0 Å². The molecule has 1 saturated carbocycles. The molecule has 4 nitrogen and oxygen atoms in total. The maximum absolute atomic E-state index is 10.5. The molecule has 0 aliphatic heterocycles. The minimum absolute atomic E-state index is 0.402. The van der Waals surface area contributed by atoms with E-state index in [1.807, 2.05) is 0 Å². The Labute approximate surface area is 108 Å². The van der Waals surface area contributed by atoms with Crippen LogP contribution >= 0.6 is 0 Å². The van der Waals surface area contributed by atoms with Gasteiger partial charge in [0.05, 0.1) is 11.7 Å². The fourth-order valence-corrected chi connectivity index (χ4v) is 2.83.